The van der Waals surface area contributed by atoms with E-state index in [4.69, 9.17) is 19.4 Å². The van der Waals surface area contributed by atoms with Crippen molar-refractivity contribution in [2.45, 2.75) is 45.8 Å². The van der Waals surface area contributed by atoms with Gasteiger partial charge in [0, 0.05) is 5.56 Å². The Morgan fingerprint density at radius 3 is 2.54 bits per heavy atom. The number of benzene rings is 1. The molecule has 1 saturated heterocycles. The van der Waals surface area contributed by atoms with Crippen LogP contribution < -0.4 is 10.1 Å². The first-order valence-corrected chi connectivity index (χ1v) is 9.14. The van der Waals surface area contributed by atoms with Crippen molar-refractivity contribution in [3.63, 3.8) is 0 Å². The lowest BCUT2D eigenvalue weighted by Crippen LogP contribution is -2.33. The van der Waals surface area contributed by atoms with Gasteiger partial charge in [0.15, 0.2) is 0 Å². The smallest absolute Gasteiger partial charge is 0.148 e. The third-order valence-electron chi connectivity index (χ3n) is 4.77. The van der Waals surface area contributed by atoms with Crippen LogP contribution in [0.1, 0.15) is 30.8 Å². The Kier molecular flexibility index (Phi) is 5.74. The summed E-state index contributed by atoms with van der Waals surface area (Å²) in [7, 11) is 1.67. The van der Waals surface area contributed by atoms with Gasteiger partial charge in [-0.1, -0.05) is 13.8 Å². The van der Waals surface area contributed by atoms with Crippen LogP contribution in [0.25, 0.3) is 11.3 Å². The van der Waals surface area contributed by atoms with E-state index in [0.717, 1.165) is 52.6 Å². The van der Waals surface area contributed by atoms with Gasteiger partial charge in [0.2, 0.25) is 0 Å². The molecule has 6 nitrogen and oxygen atoms in total. The highest BCUT2D eigenvalue weighted by Crippen LogP contribution is 2.30. The zero-order chi connectivity index (χ0) is 18.7. The van der Waals surface area contributed by atoms with Crippen LogP contribution in [0.4, 0.5) is 5.82 Å². The summed E-state index contributed by atoms with van der Waals surface area (Å²) in [6.07, 6.45) is 1.01. The number of nitrogens with one attached hydrogen (secondary N) is 1. The molecule has 1 aliphatic rings. The Bertz CT molecular complexity index is 779. The Morgan fingerprint density at radius 2 is 1.96 bits per heavy atom. The zero-order valence-corrected chi connectivity index (χ0v) is 15.9. The van der Waals surface area contributed by atoms with E-state index in [1.807, 2.05) is 18.2 Å². The molecule has 0 amide bonds. The molecule has 1 aromatic heterocycles. The minimum absolute atomic E-state index is 0.145. The maximum atomic E-state index is 10.0. The van der Waals surface area contributed by atoms with Crippen molar-refractivity contribution in [3.05, 3.63) is 35.2 Å². The third kappa shape index (κ3) is 3.66. The van der Waals surface area contributed by atoms with Crippen molar-refractivity contribution in [3.8, 4) is 17.0 Å². The van der Waals surface area contributed by atoms with Gasteiger partial charge in [-0.3, -0.25) is 0 Å². The Labute approximate surface area is 154 Å². The number of aromatic nitrogens is 2. The van der Waals surface area contributed by atoms with E-state index in [1.165, 1.54) is 0 Å². The van der Waals surface area contributed by atoms with Crippen LogP contribution in [0.3, 0.4) is 0 Å². The molecule has 2 N–H and O–H groups in total. The number of ether oxygens (including phenoxy) is 2. The van der Waals surface area contributed by atoms with Crippen LogP contribution in [-0.4, -0.2) is 47.5 Å². The Morgan fingerprint density at radius 1 is 1.19 bits per heavy atom. The molecule has 0 bridgehead atoms. The lowest BCUT2D eigenvalue weighted by atomic mass is 10.0. The molecule has 2 aromatic rings. The van der Waals surface area contributed by atoms with Crippen LogP contribution in [0.15, 0.2) is 18.2 Å². The molecule has 0 unspecified atom stereocenters. The average Bonchev–Trinajstić information content (AvgIpc) is 3.06. The first-order chi connectivity index (χ1) is 12.6. The summed E-state index contributed by atoms with van der Waals surface area (Å²) < 4.78 is 10.6. The maximum Gasteiger partial charge on any atom is 0.148 e. The quantitative estimate of drug-likeness (QED) is 0.828. The first-order valence-electron chi connectivity index (χ1n) is 9.14. The first kappa shape index (κ1) is 18.6. The van der Waals surface area contributed by atoms with E-state index in [-0.39, 0.29) is 6.04 Å². The van der Waals surface area contributed by atoms with Crippen molar-refractivity contribution in [2.75, 3.05) is 25.6 Å². The second-order valence-electron chi connectivity index (χ2n) is 6.56. The standard InChI is InChI=1S/C20H27N3O3/c1-5-15-19(14-8-7-13(25-4)9-12(14)3)21-16(6-2)20(22-15)23-17-10-26-11-18(17)24/h7-9,17-18,24H,5-6,10-11H2,1-4H3,(H,22,23)/t17-,18+/m0/s1. The van der Waals surface area contributed by atoms with Crippen molar-refractivity contribution in [1.29, 1.82) is 0 Å². The van der Waals surface area contributed by atoms with Gasteiger partial charge < -0.3 is 19.9 Å². The number of hydrogen-bond donors (Lipinski definition) is 2. The van der Waals surface area contributed by atoms with Crippen molar-refractivity contribution in [2.24, 2.45) is 0 Å². The summed E-state index contributed by atoms with van der Waals surface area (Å²) in [4.78, 5) is 9.78. The van der Waals surface area contributed by atoms with Crippen LogP contribution in [0.5, 0.6) is 5.75 Å². The molecule has 0 radical (unpaired) electrons. The van der Waals surface area contributed by atoms with Gasteiger partial charge >= 0.3 is 0 Å². The highest BCUT2D eigenvalue weighted by molar-refractivity contribution is 5.68. The second-order valence-corrected chi connectivity index (χ2v) is 6.56. The fourth-order valence-electron chi connectivity index (χ4n) is 3.21. The maximum absolute atomic E-state index is 10.0. The summed E-state index contributed by atoms with van der Waals surface area (Å²) >= 11 is 0. The number of anilines is 1. The van der Waals surface area contributed by atoms with Crippen LogP contribution >= 0.6 is 0 Å². The fraction of sp³-hybridized carbons (Fsp3) is 0.500. The predicted molar refractivity (Wildman–Crippen MR) is 102 cm³/mol. The van der Waals surface area contributed by atoms with Gasteiger partial charge in [-0.2, -0.15) is 0 Å². The largest absolute Gasteiger partial charge is 0.497 e. The predicted octanol–water partition coefficient (Wildman–Crippen LogP) is 2.76. The number of aliphatic hydroxyl groups is 1. The van der Waals surface area contributed by atoms with Crippen LogP contribution in [-0.2, 0) is 17.6 Å². The van der Waals surface area contributed by atoms with E-state index >= 15 is 0 Å². The molecule has 3 rings (SSSR count). The summed E-state index contributed by atoms with van der Waals surface area (Å²) in [5, 5.41) is 13.3. The molecule has 0 saturated carbocycles. The van der Waals surface area contributed by atoms with Crippen LogP contribution in [0, 0.1) is 6.92 Å². The highest BCUT2D eigenvalue weighted by Gasteiger charge is 2.27. The van der Waals surface area contributed by atoms with Gasteiger partial charge in [-0.15, -0.1) is 0 Å². The third-order valence-corrected chi connectivity index (χ3v) is 4.77. The molecule has 1 aliphatic heterocycles. The topological polar surface area (TPSA) is 76.5 Å². The molecular weight excluding hydrogens is 330 g/mol. The molecule has 1 fully saturated rings. The summed E-state index contributed by atoms with van der Waals surface area (Å²) in [6.45, 7) is 7.04. The van der Waals surface area contributed by atoms with E-state index in [1.54, 1.807) is 7.11 Å². The van der Waals surface area contributed by atoms with Gasteiger partial charge in [0.25, 0.3) is 0 Å². The van der Waals surface area contributed by atoms with Crippen molar-refractivity contribution < 1.29 is 14.6 Å². The van der Waals surface area contributed by atoms with Gasteiger partial charge in [0.1, 0.15) is 11.6 Å². The molecule has 1 aromatic carbocycles. The van der Waals surface area contributed by atoms with Crippen molar-refractivity contribution >= 4 is 5.82 Å². The number of methoxy groups -OCH3 is 1. The SMILES string of the molecule is CCc1nc(-c2ccc(OC)cc2C)c(CC)nc1N[C@H]1COC[C@H]1O. The highest BCUT2D eigenvalue weighted by atomic mass is 16.5. The molecule has 26 heavy (non-hydrogen) atoms. The van der Waals surface area contributed by atoms with E-state index in [2.05, 4.69) is 26.1 Å². The second kappa shape index (κ2) is 8.01. The molecule has 2 heterocycles. The molecule has 6 heteroatoms. The van der Waals surface area contributed by atoms with Gasteiger partial charge in [-0.25, -0.2) is 9.97 Å². The summed E-state index contributed by atoms with van der Waals surface area (Å²) in [6, 6.07) is 5.86. The van der Waals surface area contributed by atoms with E-state index in [9.17, 15) is 5.11 Å². The lowest BCUT2D eigenvalue weighted by Gasteiger charge is -2.20. The molecule has 0 spiro atoms. The normalized spacial score (nSPS) is 19.6. The van der Waals surface area contributed by atoms with Crippen LogP contribution in [0.2, 0.25) is 0 Å². The summed E-state index contributed by atoms with van der Waals surface area (Å²) in [5.41, 5.74) is 4.92. The Hall–Kier alpha value is -2.18. The number of nitrogens with zero attached hydrogens (tertiary/aromatic N) is 2. The number of rotatable bonds is 6. The molecular formula is C20H27N3O3. The molecule has 0 aliphatic carbocycles. The number of hydrogen-bond acceptors (Lipinski definition) is 6. The fourth-order valence-corrected chi connectivity index (χ4v) is 3.21. The van der Waals surface area contributed by atoms with Crippen molar-refractivity contribution in [1.82, 2.24) is 9.97 Å². The Balaban J connectivity index is 2.01. The minimum atomic E-state index is -0.518. The molecule has 2 atom stereocenters. The monoisotopic (exact) mass is 357 g/mol. The number of aryl methyl sites for hydroxylation is 3. The zero-order valence-electron chi connectivity index (χ0n) is 15.9. The van der Waals surface area contributed by atoms with E-state index < -0.39 is 6.10 Å². The van der Waals surface area contributed by atoms with Gasteiger partial charge in [0.05, 0.1) is 49.6 Å². The molecule has 140 valence electrons. The van der Waals surface area contributed by atoms with E-state index in [0.29, 0.717) is 13.2 Å². The summed E-state index contributed by atoms with van der Waals surface area (Å²) in [5.74, 6) is 1.58. The minimum Gasteiger partial charge on any atom is -0.497 e. The lowest BCUT2D eigenvalue weighted by molar-refractivity contribution is 0.125. The number of aliphatic hydroxyl groups excluding tert-OH is 1. The van der Waals surface area contributed by atoms with Gasteiger partial charge in [-0.05, 0) is 43.5 Å². The average molecular weight is 357 g/mol.